The average molecular weight is 312 g/mol. The Kier molecular flexibility index (Phi) is 4.13. The van der Waals surface area contributed by atoms with E-state index in [2.05, 4.69) is 13.8 Å². The van der Waals surface area contributed by atoms with Crippen molar-refractivity contribution >= 4 is 11.8 Å². The van der Waals surface area contributed by atoms with Gasteiger partial charge in [-0.15, -0.1) is 0 Å². The Balaban J connectivity index is 1.79. The maximum absolute atomic E-state index is 12.8. The van der Waals surface area contributed by atoms with Crippen LogP contribution in [0.3, 0.4) is 0 Å². The highest BCUT2D eigenvalue weighted by Gasteiger charge is 2.36. The molecule has 23 heavy (non-hydrogen) atoms. The van der Waals surface area contributed by atoms with Crippen LogP contribution in [0.2, 0.25) is 0 Å². The topological polar surface area (TPSA) is 54.4 Å². The number of carbonyl (C=O) groups excluding carboxylic acids is 1. The lowest BCUT2D eigenvalue weighted by Crippen LogP contribution is -2.29. The molecule has 3 heteroatoms. The van der Waals surface area contributed by atoms with Crippen molar-refractivity contribution in [2.75, 3.05) is 0 Å². The second-order valence-electron chi connectivity index (χ2n) is 7.51. The minimum Gasteiger partial charge on any atom is -0.478 e. The Bertz CT molecular complexity index is 665. The van der Waals surface area contributed by atoms with Crippen LogP contribution in [0.25, 0.3) is 0 Å². The minimum atomic E-state index is -0.958. The Morgan fingerprint density at radius 2 is 1.74 bits per heavy atom. The van der Waals surface area contributed by atoms with Gasteiger partial charge in [0, 0.05) is 11.5 Å². The molecule has 2 aliphatic rings. The molecule has 122 valence electrons. The number of hydrogen-bond acceptors (Lipinski definition) is 2. The van der Waals surface area contributed by atoms with E-state index in [9.17, 15) is 9.59 Å². The van der Waals surface area contributed by atoms with Crippen LogP contribution in [0, 0.1) is 11.3 Å². The number of benzene rings is 1. The highest BCUT2D eigenvalue weighted by atomic mass is 16.4. The molecular formula is C20H24O3. The van der Waals surface area contributed by atoms with Crippen LogP contribution in [0.5, 0.6) is 0 Å². The molecule has 0 aliphatic heterocycles. The van der Waals surface area contributed by atoms with Crippen molar-refractivity contribution in [3.63, 3.8) is 0 Å². The summed E-state index contributed by atoms with van der Waals surface area (Å²) in [7, 11) is 0. The van der Waals surface area contributed by atoms with E-state index in [1.807, 2.05) is 0 Å². The van der Waals surface area contributed by atoms with E-state index in [4.69, 9.17) is 5.11 Å². The Labute approximate surface area is 137 Å². The fourth-order valence-electron chi connectivity index (χ4n) is 4.15. The van der Waals surface area contributed by atoms with Crippen molar-refractivity contribution in [2.24, 2.45) is 11.3 Å². The van der Waals surface area contributed by atoms with E-state index in [-0.39, 0.29) is 22.7 Å². The van der Waals surface area contributed by atoms with Gasteiger partial charge in [-0.25, -0.2) is 4.79 Å². The van der Waals surface area contributed by atoms with E-state index < -0.39 is 5.97 Å². The van der Waals surface area contributed by atoms with Gasteiger partial charge < -0.3 is 5.11 Å². The molecule has 1 unspecified atom stereocenters. The lowest BCUT2D eigenvalue weighted by atomic mass is 9.65. The number of rotatable bonds is 3. The average Bonchev–Trinajstić information content (AvgIpc) is 2.54. The molecule has 0 heterocycles. The molecule has 2 aliphatic carbocycles. The Morgan fingerprint density at radius 3 is 2.39 bits per heavy atom. The fraction of sp³-hybridized carbons (Fsp3) is 0.500. The lowest BCUT2D eigenvalue weighted by molar-refractivity contribution is 0.0696. The number of hydrogen-bond donors (Lipinski definition) is 1. The van der Waals surface area contributed by atoms with Crippen molar-refractivity contribution in [3.05, 3.63) is 46.5 Å². The van der Waals surface area contributed by atoms with Crippen molar-refractivity contribution in [1.29, 1.82) is 0 Å². The molecule has 0 spiro atoms. The molecular weight excluding hydrogens is 288 g/mol. The SMILES string of the molecule is CC1(C)CCCC2=C1CC(C(=O)c1ccc(C(=O)O)cc1)CC2. The molecule has 0 aromatic heterocycles. The first-order valence-electron chi connectivity index (χ1n) is 8.47. The number of carboxylic acids is 1. The molecule has 0 bridgehead atoms. The smallest absolute Gasteiger partial charge is 0.335 e. The van der Waals surface area contributed by atoms with Gasteiger partial charge in [-0.1, -0.05) is 37.1 Å². The number of ketones is 1. The first kappa shape index (κ1) is 16.0. The predicted molar refractivity (Wildman–Crippen MR) is 89.7 cm³/mol. The van der Waals surface area contributed by atoms with Crippen molar-refractivity contribution in [3.8, 4) is 0 Å². The molecule has 0 saturated carbocycles. The third-order valence-electron chi connectivity index (χ3n) is 5.56. The fourth-order valence-corrected chi connectivity index (χ4v) is 4.15. The number of carbonyl (C=O) groups is 2. The maximum atomic E-state index is 12.8. The van der Waals surface area contributed by atoms with Crippen LogP contribution in [0.15, 0.2) is 35.4 Å². The Hall–Kier alpha value is -1.90. The summed E-state index contributed by atoms with van der Waals surface area (Å²) in [5.41, 5.74) is 4.18. The van der Waals surface area contributed by atoms with Gasteiger partial charge in [-0.05, 0) is 56.1 Å². The summed E-state index contributed by atoms with van der Waals surface area (Å²) < 4.78 is 0. The third-order valence-corrected chi connectivity index (χ3v) is 5.56. The van der Waals surface area contributed by atoms with E-state index in [0.717, 1.165) is 19.3 Å². The third kappa shape index (κ3) is 3.10. The number of Topliss-reactive ketones (excluding diaryl/α,β-unsaturated/α-hetero) is 1. The molecule has 1 N–H and O–H groups in total. The Morgan fingerprint density at radius 1 is 1.09 bits per heavy atom. The number of allylic oxidation sites excluding steroid dienone is 2. The van der Waals surface area contributed by atoms with E-state index >= 15 is 0 Å². The number of carboxylic acid groups (broad SMARTS) is 1. The monoisotopic (exact) mass is 312 g/mol. The van der Waals surface area contributed by atoms with Crippen LogP contribution in [-0.4, -0.2) is 16.9 Å². The molecule has 0 amide bonds. The lowest BCUT2D eigenvalue weighted by Gasteiger charge is -2.40. The molecule has 0 radical (unpaired) electrons. The zero-order valence-corrected chi connectivity index (χ0v) is 13.9. The van der Waals surface area contributed by atoms with Crippen LogP contribution < -0.4 is 0 Å². The molecule has 3 rings (SSSR count). The zero-order valence-electron chi connectivity index (χ0n) is 13.9. The summed E-state index contributed by atoms with van der Waals surface area (Å²) in [5, 5.41) is 8.96. The van der Waals surface area contributed by atoms with Gasteiger partial charge in [-0.2, -0.15) is 0 Å². The largest absolute Gasteiger partial charge is 0.478 e. The van der Waals surface area contributed by atoms with Gasteiger partial charge in [-0.3, -0.25) is 4.79 Å². The predicted octanol–water partition coefficient (Wildman–Crippen LogP) is 4.87. The highest BCUT2D eigenvalue weighted by Crippen LogP contribution is 2.48. The molecule has 1 aromatic rings. The van der Waals surface area contributed by atoms with Gasteiger partial charge in [0.15, 0.2) is 5.78 Å². The molecule has 3 nitrogen and oxygen atoms in total. The summed E-state index contributed by atoms with van der Waals surface area (Å²) in [6, 6.07) is 6.35. The van der Waals surface area contributed by atoms with Crippen LogP contribution in [0.1, 0.15) is 73.1 Å². The van der Waals surface area contributed by atoms with Crippen molar-refractivity contribution in [2.45, 2.75) is 52.4 Å². The van der Waals surface area contributed by atoms with Gasteiger partial charge >= 0.3 is 5.97 Å². The van der Waals surface area contributed by atoms with E-state index in [1.54, 1.807) is 17.7 Å². The highest BCUT2D eigenvalue weighted by molar-refractivity contribution is 5.99. The summed E-state index contributed by atoms with van der Waals surface area (Å²) in [6.07, 6.45) is 6.52. The summed E-state index contributed by atoms with van der Waals surface area (Å²) in [4.78, 5) is 23.7. The van der Waals surface area contributed by atoms with Gasteiger partial charge in [0.25, 0.3) is 0 Å². The van der Waals surface area contributed by atoms with Gasteiger partial charge in [0.05, 0.1) is 5.56 Å². The van der Waals surface area contributed by atoms with Crippen molar-refractivity contribution in [1.82, 2.24) is 0 Å². The summed E-state index contributed by atoms with van der Waals surface area (Å²) in [5.74, 6) is -0.753. The molecule has 0 fully saturated rings. The first-order valence-corrected chi connectivity index (χ1v) is 8.47. The maximum Gasteiger partial charge on any atom is 0.335 e. The summed E-state index contributed by atoms with van der Waals surface area (Å²) in [6.45, 7) is 4.60. The summed E-state index contributed by atoms with van der Waals surface area (Å²) >= 11 is 0. The van der Waals surface area contributed by atoms with E-state index in [0.29, 0.717) is 5.56 Å². The second kappa shape index (κ2) is 5.95. The van der Waals surface area contributed by atoms with Gasteiger partial charge in [0.1, 0.15) is 0 Å². The standard InChI is InChI=1S/C20H24O3/c1-20(2)11-3-4-13-5-10-16(12-17(13)20)18(21)14-6-8-15(9-7-14)19(22)23/h6-9,16H,3-5,10-12H2,1-2H3,(H,22,23). The quantitative estimate of drug-likeness (QED) is 0.639. The molecule has 1 atom stereocenters. The zero-order chi connectivity index (χ0) is 16.6. The second-order valence-corrected chi connectivity index (χ2v) is 7.51. The van der Waals surface area contributed by atoms with Crippen LogP contribution >= 0.6 is 0 Å². The van der Waals surface area contributed by atoms with Gasteiger partial charge in [0.2, 0.25) is 0 Å². The molecule has 0 saturated heterocycles. The van der Waals surface area contributed by atoms with Crippen LogP contribution in [0.4, 0.5) is 0 Å². The first-order chi connectivity index (χ1) is 10.9. The van der Waals surface area contributed by atoms with Crippen LogP contribution in [-0.2, 0) is 0 Å². The number of aromatic carboxylic acids is 1. The molecule has 1 aromatic carbocycles. The minimum absolute atomic E-state index is 0.0433. The van der Waals surface area contributed by atoms with Crippen molar-refractivity contribution < 1.29 is 14.7 Å². The normalized spacial score (nSPS) is 23.3. The van der Waals surface area contributed by atoms with E-state index in [1.165, 1.54) is 37.0 Å².